The molecule has 0 radical (unpaired) electrons. The summed E-state index contributed by atoms with van der Waals surface area (Å²) in [4.78, 5) is 11.9. The second kappa shape index (κ2) is 7.28. The second-order valence-corrected chi connectivity index (χ2v) is 6.35. The number of esters is 1. The molecule has 4 atom stereocenters. The minimum Gasteiger partial charge on any atom is -0.466 e. The number of rotatable bonds is 4. The van der Waals surface area contributed by atoms with Crippen molar-refractivity contribution in [2.75, 3.05) is 6.61 Å². The Bertz CT molecular complexity index is 292. The highest BCUT2D eigenvalue weighted by Gasteiger charge is 2.31. The summed E-state index contributed by atoms with van der Waals surface area (Å²) in [5.41, 5.74) is 0. The van der Waals surface area contributed by atoms with Crippen molar-refractivity contribution >= 4 is 5.97 Å². The highest BCUT2D eigenvalue weighted by molar-refractivity contribution is 5.72. The topological polar surface area (TPSA) is 38.3 Å². The third kappa shape index (κ3) is 4.20. The van der Waals surface area contributed by atoms with Gasteiger partial charge < -0.3 is 10.1 Å². The quantitative estimate of drug-likeness (QED) is 0.794. The van der Waals surface area contributed by atoms with E-state index in [1.54, 1.807) is 0 Å². The zero-order chi connectivity index (χ0) is 13.7. The van der Waals surface area contributed by atoms with Crippen molar-refractivity contribution in [1.29, 1.82) is 0 Å². The molecule has 0 amide bonds. The van der Waals surface area contributed by atoms with Crippen LogP contribution in [0.1, 0.15) is 65.2 Å². The lowest BCUT2D eigenvalue weighted by atomic mass is 9.82. The summed E-state index contributed by atoms with van der Waals surface area (Å²) in [6.07, 6.45) is 9.76. The molecule has 3 heteroatoms. The van der Waals surface area contributed by atoms with Crippen LogP contribution in [0.3, 0.4) is 0 Å². The van der Waals surface area contributed by atoms with E-state index in [0.29, 0.717) is 18.7 Å². The van der Waals surface area contributed by atoms with Crippen LogP contribution in [-0.4, -0.2) is 24.7 Å². The van der Waals surface area contributed by atoms with E-state index in [1.165, 1.54) is 32.1 Å². The Hall–Kier alpha value is -0.570. The molecule has 2 saturated carbocycles. The van der Waals surface area contributed by atoms with Crippen LogP contribution in [0.15, 0.2) is 0 Å². The van der Waals surface area contributed by atoms with Gasteiger partial charge in [0.15, 0.2) is 0 Å². The van der Waals surface area contributed by atoms with E-state index in [-0.39, 0.29) is 11.9 Å². The number of hydrogen-bond acceptors (Lipinski definition) is 3. The Labute approximate surface area is 117 Å². The van der Waals surface area contributed by atoms with Gasteiger partial charge in [-0.1, -0.05) is 26.2 Å². The Kier molecular flexibility index (Phi) is 5.68. The normalized spacial score (nSPS) is 35.9. The summed E-state index contributed by atoms with van der Waals surface area (Å²) in [6.45, 7) is 4.76. The van der Waals surface area contributed by atoms with E-state index in [0.717, 1.165) is 25.2 Å². The van der Waals surface area contributed by atoms with Gasteiger partial charge in [-0.2, -0.15) is 0 Å². The second-order valence-electron chi connectivity index (χ2n) is 6.35. The monoisotopic (exact) mass is 267 g/mol. The molecule has 19 heavy (non-hydrogen) atoms. The molecular weight excluding hydrogens is 238 g/mol. The van der Waals surface area contributed by atoms with E-state index in [9.17, 15) is 4.79 Å². The van der Waals surface area contributed by atoms with E-state index in [2.05, 4.69) is 12.2 Å². The number of hydrogen-bond donors (Lipinski definition) is 1. The molecule has 0 saturated heterocycles. The molecule has 110 valence electrons. The van der Waals surface area contributed by atoms with Crippen LogP contribution < -0.4 is 5.32 Å². The van der Waals surface area contributed by atoms with Gasteiger partial charge in [-0.3, -0.25) is 4.79 Å². The first-order chi connectivity index (χ1) is 9.20. The van der Waals surface area contributed by atoms with Crippen molar-refractivity contribution in [3.05, 3.63) is 0 Å². The van der Waals surface area contributed by atoms with Crippen LogP contribution in [0.5, 0.6) is 0 Å². The van der Waals surface area contributed by atoms with Crippen molar-refractivity contribution < 1.29 is 9.53 Å². The molecule has 0 aliphatic heterocycles. The zero-order valence-corrected chi connectivity index (χ0v) is 12.5. The first kappa shape index (κ1) is 14.8. The average molecular weight is 267 g/mol. The number of nitrogens with one attached hydrogen (secondary N) is 1. The highest BCUT2D eigenvalue weighted by Crippen LogP contribution is 2.29. The van der Waals surface area contributed by atoms with Gasteiger partial charge in [0, 0.05) is 12.1 Å². The fourth-order valence-corrected chi connectivity index (χ4v) is 3.68. The standard InChI is InChI=1S/C16H29NO2/c1-3-19-16(18)13-8-6-9-14(11-13)17-15-10-5-4-7-12(15)2/h12-15,17H,3-11H2,1-2H3. The molecule has 2 aliphatic carbocycles. The van der Waals surface area contributed by atoms with Crippen molar-refractivity contribution in [1.82, 2.24) is 5.32 Å². The third-order valence-corrected chi connectivity index (χ3v) is 4.86. The van der Waals surface area contributed by atoms with Crippen LogP contribution in [0.25, 0.3) is 0 Å². The van der Waals surface area contributed by atoms with E-state index in [1.807, 2.05) is 6.92 Å². The molecule has 0 aromatic heterocycles. The Balaban J connectivity index is 1.81. The molecule has 0 heterocycles. The fourth-order valence-electron chi connectivity index (χ4n) is 3.68. The van der Waals surface area contributed by atoms with Crippen LogP contribution in [0.2, 0.25) is 0 Å². The van der Waals surface area contributed by atoms with Crippen LogP contribution in [0, 0.1) is 11.8 Å². The summed E-state index contributed by atoms with van der Waals surface area (Å²) in [5, 5.41) is 3.83. The Morgan fingerprint density at radius 1 is 1.16 bits per heavy atom. The maximum atomic E-state index is 11.9. The maximum absolute atomic E-state index is 11.9. The first-order valence-corrected chi connectivity index (χ1v) is 8.13. The van der Waals surface area contributed by atoms with Gasteiger partial charge in [-0.25, -0.2) is 0 Å². The van der Waals surface area contributed by atoms with E-state index in [4.69, 9.17) is 4.74 Å². The maximum Gasteiger partial charge on any atom is 0.308 e. The third-order valence-electron chi connectivity index (χ3n) is 4.86. The first-order valence-electron chi connectivity index (χ1n) is 8.13. The molecular formula is C16H29NO2. The molecule has 3 nitrogen and oxygen atoms in total. The fraction of sp³-hybridized carbons (Fsp3) is 0.938. The van der Waals surface area contributed by atoms with Gasteiger partial charge in [0.1, 0.15) is 0 Å². The predicted molar refractivity (Wildman–Crippen MR) is 76.9 cm³/mol. The van der Waals surface area contributed by atoms with Crippen LogP contribution >= 0.6 is 0 Å². The zero-order valence-electron chi connectivity index (χ0n) is 12.5. The highest BCUT2D eigenvalue weighted by atomic mass is 16.5. The van der Waals surface area contributed by atoms with Crippen molar-refractivity contribution in [3.63, 3.8) is 0 Å². The van der Waals surface area contributed by atoms with E-state index >= 15 is 0 Å². The van der Waals surface area contributed by atoms with Crippen LogP contribution in [-0.2, 0) is 9.53 Å². The minimum absolute atomic E-state index is 0.0192. The van der Waals surface area contributed by atoms with Gasteiger partial charge in [0.25, 0.3) is 0 Å². The minimum atomic E-state index is 0.0192. The van der Waals surface area contributed by atoms with Crippen molar-refractivity contribution in [2.24, 2.45) is 11.8 Å². The Morgan fingerprint density at radius 2 is 1.95 bits per heavy atom. The van der Waals surface area contributed by atoms with E-state index < -0.39 is 0 Å². The summed E-state index contributed by atoms with van der Waals surface area (Å²) in [6, 6.07) is 1.19. The van der Waals surface area contributed by atoms with Gasteiger partial charge >= 0.3 is 5.97 Å². The molecule has 2 rings (SSSR count). The van der Waals surface area contributed by atoms with Gasteiger partial charge in [0.05, 0.1) is 12.5 Å². The summed E-state index contributed by atoms with van der Waals surface area (Å²) < 4.78 is 5.17. The summed E-state index contributed by atoms with van der Waals surface area (Å²) in [5.74, 6) is 0.938. The SMILES string of the molecule is CCOC(=O)C1CCCC(NC2CCCCC2C)C1. The van der Waals surface area contributed by atoms with Crippen molar-refractivity contribution in [2.45, 2.75) is 77.3 Å². The smallest absolute Gasteiger partial charge is 0.308 e. The lowest BCUT2D eigenvalue weighted by Gasteiger charge is -2.36. The summed E-state index contributed by atoms with van der Waals surface area (Å²) in [7, 11) is 0. The average Bonchev–Trinajstić information content (AvgIpc) is 2.42. The molecule has 0 aromatic rings. The number of carbonyl (C=O) groups excluding carboxylic acids is 1. The molecule has 4 unspecified atom stereocenters. The molecule has 1 N–H and O–H groups in total. The largest absolute Gasteiger partial charge is 0.466 e. The number of carbonyl (C=O) groups is 1. The predicted octanol–water partition coefficient (Wildman–Crippen LogP) is 3.28. The molecule has 2 fully saturated rings. The lowest BCUT2D eigenvalue weighted by molar-refractivity contribution is -0.149. The lowest BCUT2D eigenvalue weighted by Crippen LogP contribution is -2.46. The van der Waals surface area contributed by atoms with Crippen LogP contribution in [0.4, 0.5) is 0 Å². The van der Waals surface area contributed by atoms with Gasteiger partial charge in [0.2, 0.25) is 0 Å². The Morgan fingerprint density at radius 3 is 2.68 bits per heavy atom. The van der Waals surface area contributed by atoms with Gasteiger partial charge in [-0.15, -0.1) is 0 Å². The molecule has 0 spiro atoms. The molecule has 0 aromatic carbocycles. The molecule has 0 bridgehead atoms. The number of ether oxygens (including phenoxy) is 1. The molecule has 2 aliphatic rings. The van der Waals surface area contributed by atoms with Gasteiger partial charge in [-0.05, 0) is 44.9 Å². The summed E-state index contributed by atoms with van der Waals surface area (Å²) >= 11 is 0. The van der Waals surface area contributed by atoms with Crippen molar-refractivity contribution in [3.8, 4) is 0 Å².